The van der Waals surface area contributed by atoms with Crippen molar-refractivity contribution < 1.29 is 9.53 Å². The highest BCUT2D eigenvalue weighted by atomic mass is 16.5. The number of carbonyl (C=O) groups is 1. The van der Waals surface area contributed by atoms with E-state index < -0.39 is 11.4 Å². The van der Waals surface area contributed by atoms with E-state index in [0.717, 1.165) is 17.7 Å². The van der Waals surface area contributed by atoms with E-state index in [-0.39, 0.29) is 5.92 Å². The second kappa shape index (κ2) is 13.8. The van der Waals surface area contributed by atoms with E-state index in [1.54, 1.807) is 19.1 Å². The van der Waals surface area contributed by atoms with Crippen LogP contribution in [0.1, 0.15) is 91.0 Å². The van der Waals surface area contributed by atoms with Gasteiger partial charge in [-0.15, -0.1) is 0 Å². The Hall–Kier alpha value is -2.67. The van der Waals surface area contributed by atoms with Gasteiger partial charge in [-0.05, 0) is 61.6 Å². The molecule has 1 atom stereocenters. The van der Waals surface area contributed by atoms with Gasteiger partial charge < -0.3 is 4.74 Å². The van der Waals surface area contributed by atoms with Crippen LogP contribution in [0.4, 0.5) is 0 Å². The summed E-state index contributed by atoms with van der Waals surface area (Å²) >= 11 is 0. The number of esters is 1. The minimum absolute atomic E-state index is 0.132. The number of hydrogen-bond donors (Lipinski definition) is 0. The second-order valence-corrected chi connectivity index (χ2v) is 9.51. The maximum absolute atomic E-state index is 12.4. The van der Waals surface area contributed by atoms with Crippen LogP contribution in [0.5, 0.6) is 5.75 Å². The summed E-state index contributed by atoms with van der Waals surface area (Å²) in [6, 6.07) is 13.6. The van der Waals surface area contributed by atoms with Crippen molar-refractivity contribution >= 4 is 5.97 Å². The Morgan fingerprint density at radius 1 is 0.970 bits per heavy atom. The van der Waals surface area contributed by atoms with Crippen LogP contribution in [0.2, 0.25) is 0 Å². The predicted octanol–water partition coefficient (Wildman–Crippen LogP) is 7.91. The zero-order valence-corrected chi connectivity index (χ0v) is 20.9. The number of hydrogen-bond acceptors (Lipinski definition) is 4. The number of nitrogens with zero attached hydrogens (tertiary/aromatic N) is 2. The molecule has 0 saturated heterocycles. The van der Waals surface area contributed by atoms with Crippen LogP contribution in [-0.4, -0.2) is 11.0 Å². The molecule has 0 aliphatic carbocycles. The van der Waals surface area contributed by atoms with E-state index in [2.05, 4.69) is 30.1 Å². The lowest BCUT2D eigenvalue weighted by atomic mass is 9.81. The molecule has 178 valence electrons. The van der Waals surface area contributed by atoms with Gasteiger partial charge in [0.05, 0.1) is 11.8 Å². The highest BCUT2D eigenvalue weighted by Crippen LogP contribution is 2.29. The Morgan fingerprint density at radius 3 is 2.09 bits per heavy atom. The average Bonchev–Trinajstić information content (AvgIpc) is 2.83. The Bertz CT molecular complexity index is 881. The Balaban J connectivity index is 1.79. The van der Waals surface area contributed by atoms with Crippen LogP contribution in [0, 0.1) is 22.7 Å². The van der Waals surface area contributed by atoms with Crippen molar-refractivity contribution in [2.75, 3.05) is 0 Å². The third-order valence-electron chi connectivity index (χ3n) is 6.57. The summed E-state index contributed by atoms with van der Waals surface area (Å²) in [6.45, 7) is 7.57. The third kappa shape index (κ3) is 8.31. The Labute approximate surface area is 200 Å². The first-order valence-electron chi connectivity index (χ1n) is 12.6. The number of rotatable bonds is 14. The third-order valence-corrected chi connectivity index (χ3v) is 6.57. The second-order valence-electron chi connectivity index (χ2n) is 9.51. The van der Waals surface area contributed by atoms with Crippen molar-refractivity contribution in [1.82, 2.24) is 4.98 Å². The lowest BCUT2D eigenvalue weighted by Crippen LogP contribution is -2.35. The molecule has 1 aromatic heterocycles. The van der Waals surface area contributed by atoms with E-state index in [4.69, 9.17) is 4.74 Å². The zero-order chi connectivity index (χ0) is 24.1. The molecule has 1 unspecified atom stereocenters. The van der Waals surface area contributed by atoms with E-state index >= 15 is 0 Å². The molecule has 0 bridgehead atoms. The summed E-state index contributed by atoms with van der Waals surface area (Å²) in [5.74, 6) is -0.216. The lowest BCUT2D eigenvalue weighted by molar-refractivity contribution is -0.143. The van der Waals surface area contributed by atoms with Gasteiger partial charge in [-0.2, -0.15) is 5.26 Å². The van der Waals surface area contributed by atoms with Crippen molar-refractivity contribution in [3.8, 4) is 23.1 Å². The van der Waals surface area contributed by atoms with Crippen molar-refractivity contribution in [3.05, 3.63) is 48.2 Å². The van der Waals surface area contributed by atoms with Crippen molar-refractivity contribution in [2.45, 2.75) is 91.9 Å². The number of unbranched alkanes of at least 4 members (excludes halogenated alkanes) is 8. The molecule has 4 heteroatoms. The van der Waals surface area contributed by atoms with Crippen LogP contribution in [-0.2, 0) is 11.2 Å². The fourth-order valence-corrected chi connectivity index (χ4v) is 3.70. The van der Waals surface area contributed by atoms with Crippen LogP contribution in [0.3, 0.4) is 0 Å². The molecule has 4 nitrogen and oxygen atoms in total. The minimum atomic E-state index is -1.16. The molecular formula is C29H40N2O2. The zero-order valence-electron chi connectivity index (χ0n) is 20.9. The molecule has 0 aliphatic rings. The highest BCUT2D eigenvalue weighted by molar-refractivity contribution is 5.82. The fourth-order valence-electron chi connectivity index (χ4n) is 3.70. The van der Waals surface area contributed by atoms with Crippen LogP contribution < -0.4 is 4.74 Å². The summed E-state index contributed by atoms with van der Waals surface area (Å²) < 4.78 is 5.46. The summed E-state index contributed by atoms with van der Waals surface area (Å²) in [5, 5.41) is 9.39. The summed E-state index contributed by atoms with van der Waals surface area (Å²) in [4.78, 5) is 17.1. The molecule has 33 heavy (non-hydrogen) atoms. The molecule has 0 aliphatic heterocycles. The fraction of sp³-hybridized carbons (Fsp3) is 0.552. The maximum Gasteiger partial charge on any atom is 0.331 e. The number of benzene rings is 1. The average molecular weight is 449 g/mol. The van der Waals surface area contributed by atoms with Gasteiger partial charge in [0.15, 0.2) is 5.41 Å². The van der Waals surface area contributed by atoms with Gasteiger partial charge in [-0.25, -0.2) is 4.79 Å². The molecule has 0 radical (unpaired) electrons. The molecule has 1 heterocycles. The van der Waals surface area contributed by atoms with Gasteiger partial charge in [0.1, 0.15) is 5.75 Å². The largest absolute Gasteiger partial charge is 0.425 e. The predicted molar refractivity (Wildman–Crippen MR) is 135 cm³/mol. The van der Waals surface area contributed by atoms with Crippen LogP contribution in [0.15, 0.2) is 42.6 Å². The quantitative estimate of drug-likeness (QED) is 0.167. The molecule has 0 spiro atoms. The number of nitriles is 1. The van der Waals surface area contributed by atoms with E-state index in [9.17, 15) is 10.1 Å². The van der Waals surface area contributed by atoms with Gasteiger partial charge in [-0.1, -0.05) is 78.2 Å². The molecule has 0 saturated carbocycles. The number of aryl methyl sites for hydroxylation is 1. The molecule has 0 fully saturated rings. The van der Waals surface area contributed by atoms with Gasteiger partial charge >= 0.3 is 5.97 Å². The topological polar surface area (TPSA) is 63.0 Å². The van der Waals surface area contributed by atoms with Gasteiger partial charge in [0.25, 0.3) is 0 Å². The highest BCUT2D eigenvalue weighted by Gasteiger charge is 2.39. The van der Waals surface area contributed by atoms with Crippen molar-refractivity contribution in [1.29, 1.82) is 5.26 Å². The van der Waals surface area contributed by atoms with Gasteiger partial charge in [0.2, 0.25) is 0 Å². The van der Waals surface area contributed by atoms with Crippen molar-refractivity contribution in [3.63, 3.8) is 0 Å². The standard InChI is InChI=1S/C29H40N2O2/c1-5-6-7-8-9-10-11-12-13-14-24-15-20-27(31-21-24)25-16-18-26(19-17-25)33-28(32)29(4,22-30)23(2)3/h15-21,23H,5-14H2,1-4H3. The molecule has 0 amide bonds. The molecule has 1 aromatic carbocycles. The number of ether oxygens (including phenoxy) is 1. The first kappa shape index (κ1) is 26.6. The molecule has 2 aromatic rings. The lowest BCUT2D eigenvalue weighted by Gasteiger charge is -2.23. The first-order valence-corrected chi connectivity index (χ1v) is 12.6. The van der Waals surface area contributed by atoms with Crippen molar-refractivity contribution in [2.24, 2.45) is 11.3 Å². The Kier molecular flexibility index (Phi) is 11.1. The van der Waals surface area contributed by atoms with E-state index in [1.807, 2.05) is 32.2 Å². The molecule has 2 rings (SSSR count). The summed E-state index contributed by atoms with van der Waals surface area (Å²) in [6.07, 6.45) is 15.1. The van der Waals surface area contributed by atoms with E-state index in [1.165, 1.54) is 63.4 Å². The Morgan fingerprint density at radius 2 is 1.58 bits per heavy atom. The number of carbonyl (C=O) groups excluding carboxylic acids is 1. The first-order chi connectivity index (χ1) is 15.9. The number of aromatic nitrogens is 1. The van der Waals surface area contributed by atoms with E-state index in [0.29, 0.717) is 5.75 Å². The summed E-state index contributed by atoms with van der Waals surface area (Å²) in [5.41, 5.74) is 1.98. The monoisotopic (exact) mass is 448 g/mol. The smallest absolute Gasteiger partial charge is 0.331 e. The molecular weight excluding hydrogens is 408 g/mol. The summed E-state index contributed by atoms with van der Waals surface area (Å²) in [7, 11) is 0. The molecule has 0 N–H and O–H groups in total. The van der Waals surface area contributed by atoms with Crippen LogP contribution >= 0.6 is 0 Å². The normalized spacial score (nSPS) is 12.8. The van der Waals surface area contributed by atoms with Gasteiger partial charge in [-0.3, -0.25) is 4.98 Å². The SMILES string of the molecule is CCCCCCCCCCCc1ccc(-c2ccc(OC(=O)C(C)(C#N)C(C)C)cc2)nc1. The minimum Gasteiger partial charge on any atom is -0.425 e. The number of pyridine rings is 1. The van der Waals surface area contributed by atoms with Gasteiger partial charge in [0, 0.05) is 11.8 Å². The maximum atomic E-state index is 12.4. The van der Waals surface area contributed by atoms with Crippen LogP contribution in [0.25, 0.3) is 11.3 Å².